The summed E-state index contributed by atoms with van der Waals surface area (Å²) in [5.74, 6) is 1.04. The first-order chi connectivity index (χ1) is 6.69. The SMILES string of the molecule is COc1ccc(Br)c(C(C)CC=O)c1. The Kier molecular flexibility index (Phi) is 4.14. The number of benzene rings is 1. The molecule has 0 aromatic heterocycles. The van der Waals surface area contributed by atoms with Crippen molar-refractivity contribution in [3.63, 3.8) is 0 Å². The smallest absolute Gasteiger partial charge is 0.120 e. The zero-order valence-corrected chi connectivity index (χ0v) is 9.87. The molecule has 0 aliphatic rings. The van der Waals surface area contributed by atoms with E-state index < -0.39 is 0 Å². The molecule has 1 aromatic rings. The summed E-state index contributed by atoms with van der Waals surface area (Å²) < 4.78 is 6.15. The second-order valence-electron chi connectivity index (χ2n) is 3.19. The fourth-order valence-corrected chi connectivity index (χ4v) is 1.94. The molecule has 3 heteroatoms. The van der Waals surface area contributed by atoms with E-state index in [1.54, 1.807) is 7.11 Å². The van der Waals surface area contributed by atoms with Gasteiger partial charge in [0.2, 0.25) is 0 Å². The van der Waals surface area contributed by atoms with E-state index in [0.29, 0.717) is 6.42 Å². The normalized spacial score (nSPS) is 12.2. The minimum Gasteiger partial charge on any atom is -0.497 e. The van der Waals surface area contributed by atoms with Gasteiger partial charge in [0, 0.05) is 10.9 Å². The van der Waals surface area contributed by atoms with Crippen LogP contribution in [0.3, 0.4) is 0 Å². The number of carbonyl (C=O) groups is 1. The molecule has 14 heavy (non-hydrogen) atoms. The number of carbonyl (C=O) groups excluding carboxylic acids is 1. The largest absolute Gasteiger partial charge is 0.497 e. The highest BCUT2D eigenvalue weighted by atomic mass is 79.9. The summed E-state index contributed by atoms with van der Waals surface area (Å²) in [5, 5.41) is 0. The molecule has 1 aromatic carbocycles. The maximum Gasteiger partial charge on any atom is 0.120 e. The average molecular weight is 257 g/mol. The van der Waals surface area contributed by atoms with E-state index in [0.717, 1.165) is 22.1 Å². The van der Waals surface area contributed by atoms with Crippen molar-refractivity contribution in [1.82, 2.24) is 0 Å². The fourth-order valence-electron chi connectivity index (χ4n) is 1.30. The third-order valence-corrected chi connectivity index (χ3v) is 2.91. The van der Waals surface area contributed by atoms with E-state index in [1.807, 2.05) is 25.1 Å². The first-order valence-corrected chi connectivity index (χ1v) is 5.25. The van der Waals surface area contributed by atoms with E-state index in [-0.39, 0.29) is 5.92 Å². The molecule has 0 saturated carbocycles. The Bertz CT molecular complexity index is 323. The highest BCUT2D eigenvalue weighted by Gasteiger charge is 2.09. The van der Waals surface area contributed by atoms with Crippen LogP contribution in [0.15, 0.2) is 22.7 Å². The minimum atomic E-state index is 0.219. The van der Waals surface area contributed by atoms with Gasteiger partial charge in [0.15, 0.2) is 0 Å². The second-order valence-corrected chi connectivity index (χ2v) is 4.05. The number of rotatable bonds is 4. The van der Waals surface area contributed by atoms with Gasteiger partial charge in [0.25, 0.3) is 0 Å². The molecular weight excluding hydrogens is 244 g/mol. The van der Waals surface area contributed by atoms with Crippen LogP contribution in [0.25, 0.3) is 0 Å². The third-order valence-electron chi connectivity index (χ3n) is 2.18. The Labute approximate surface area is 92.4 Å². The molecule has 0 bridgehead atoms. The van der Waals surface area contributed by atoms with Crippen LogP contribution in [-0.4, -0.2) is 13.4 Å². The van der Waals surface area contributed by atoms with E-state index in [1.165, 1.54) is 0 Å². The van der Waals surface area contributed by atoms with Crippen LogP contribution < -0.4 is 4.74 Å². The lowest BCUT2D eigenvalue weighted by molar-refractivity contribution is -0.108. The van der Waals surface area contributed by atoms with Gasteiger partial charge in [0.05, 0.1) is 7.11 Å². The van der Waals surface area contributed by atoms with Crippen molar-refractivity contribution in [3.05, 3.63) is 28.2 Å². The second kappa shape index (κ2) is 5.15. The van der Waals surface area contributed by atoms with Gasteiger partial charge in [-0.25, -0.2) is 0 Å². The summed E-state index contributed by atoms with van der Waals surface area (Å²) in [6.07, 6.45) is 1.47. The zero-order chi connectivity index (χ0) is 10.6. The summed E-state index contributed by atoms with van der Waals surface area (Å²) in [4.78, 5) is 10.4. The maximum atomic E-state index is 10.4. The van der Waals surface area contributed by atoms with Crippen LogP contribution in [-0.2, 0) is 4.79 Å². The highest BCUT2D eigenvalue weighted by molar-refractivity contribution is 9.10. The van der Waals surface area contributed by atoms with Gasteiger partial charge >= 0.3 is 0 Å². The first kappa shape index (κ1) is 11.2. The monoisotopic (exact) mass is 256 g/mol. The standard InChI is InChI=1S/C11H13BrO2/c1-8(5-6-13)10-7-9(14-2)3-4-11(10)12/h3-4,6-8H,5H2,1-2H3. The fraction of sp³-hybridized carbons (Fsp3) is 0.364. The van der Waals surface area contributed by atoms with Crippen LogP contribution in [0.5, 0.6) is 5.75 Å². The molecule has 0 fully saturated rings. The van der Waals surface area contributed by atoms with Crippen LogP contribution >= 0.6 is 15.9 Å². The summed E-state index contributed by atoms with van der Waals surface area (Å²) >= 11 is 3.46. The lowest BCUT2D eigenvalue weighted by Gasteiger charge is -2.12. The van der Waals surface area contributed by atoms with Crippen molar-refractivity contribution in [2.24, 2.45) is 0 Å². The van der Waals surface area contributed by atoms with Gasteiger partial charge in [-0.3, -0.25) is 0 Å². The Hall–Kier alpha value is -0.830. The van der Waals surface area contributed by atoms with Gasteiger partial charge < -0.3 is 9.53 Å². The molecule has 0 heterocycles. The minimum absolute atomic E-state index is 0.219. The van der Waals surface area contributed by atoms with Crippen molar-refractivity contribution in [1.29, 1.82) is 0 Å². The molecule has 1 rings (SSSR count). The van der Waals surface area contributed by atoms with Crippen molar-refractivity contribution in [3.8, 4) is 5.75 Å². The van der Waals surface area contributed by atoms with E-state index in [9.17, 15) is 4.79 Å². The highest BCUT2D eigenvalue weighted by Crippen LogP contribution is 2.29. The van der Waals surface area contributed by atoms with E-state index in [2.05, 4.69) is 15.9 Å². The van der Waals surface area contributed by atoms with Gasteiger partial charge in [0.1, 0.15) is 12.0 Å². The molecule has 1 unspecified atom stereocenters. The summed E-state index contributed by atoms with van der Waals surface area (Å²) in [7, 11) is 1.64. The van der Waals surface area contributed by atoms with Crippen LogP contribution in [0.4, 0.5) is 0 Å². The molecule has 2 nitrogen and oxygen atoms in total. The van der Waals surface area contributed by atoms with Gasteiger partial charge in [-0.05, 0) is 29.7 Å². The number of halogens is 1. The number of ether oxygens (including phenoxy) is 1. The topological polar surface area (TPSA) is 26.3 Å². The van der Waals surface area contributed by atoms with Crippen molar-refractivity contribution in [2.45, 2.75) is 19.3 Å². The lowest BCUT2D eigenvalue weighted by Crippen LogP contribution is -1.96. The molecule has 0 aliphatic heterocycles. The van der Waals surface area contributed by atoms with E-state index >= 15 is 0 Å². The summed E-state index contributed by atoms with van der Waals surface area (Å²) in [6.45, 7) is 2.02. The molecule has 0 saturated heterocycles. The van der Waals surface area contributed by atoms with Crippen LogP contribution in [0.2, 0.25) is 0 Å². The molecule has 0 amide bonds. The molecular formula is C11H13BrO2. The van der Waals surface area contributed by atoms with Gasteiger partial charge in [-0.1, -0.05) is 22.9 Å². The molecule has 0 spiro atoms. The Balaban J connectivity index is 2.98. The summed E-state index contributed by atoms with van der Waals surface area (Å²) in [5.41, 5.74) is 1.11. The van der Waals surface area contributed by atoms with Gasteiger partial charge in [-0.15, -0.1) is 0 Å². The zero-order valence-electron chi connectivity index (χ0n) is 8.29. The van der Waals surface area contributed by atoms with Crippen molar-refractivity contribution < 1.29 is 9.53 Å². The molecule has 0 N–H and O–H groups in total. The third kappa shape index (κ3) is 2.58. The summed E-state index contributed by atoms with van der Waals surface area (Å²) in [6, 6.07) is 5.79. The molecule has 76 valence electrons. The Morgan fingerprint density at radius 3 is 2.86 bits per heavy atom. The van der Waals surface area contributed by atoms with Crippen LogP contribution in [0.1, 0.15) is 24.8 Å². The number of hydrogen-bond donors (Lipinski definition) is 0. The van der Waals surface area contributed by atoms with Crippen LogP contribution in [0, 0.1) is 0 Å². The maximum absolute atomic E-state index is 10.4. The average Bonchev–Trinajstić information content (AvgIpc) is 2.19. The number of aldehydes is 1. The van der Waals surface area contributed by atoms with Gasteiger partial charge in [-0.2, -0.15) is 0 Å². The van der Waals surface area contributed by atoms with Crippen molar-refractivity contribution >= 4 is 22.2 Å². The first-order valence-electron chi connectivity index (χ1n) is 4.46. The number of methoxy groups -OCH3 is 1. The molecule has 0 aliphatic carbocycles. The Morgan fingerprint density at radius 2 is 2.29 bits per heavy atom. The molecule has 1 atom stereocenters. The lowest BCUT2D eigenvalue weighted by atomic mass is 9.98. The van der Waals surface area contributed by atoms with E-state index in [4.69, 9.17) is 4.74 Å². The number of hydrogen-bond acceptors (Lipinski definition) is 2. The predicted octanol–water partition coefficient (Wildman–Crippen LogP) is 3.15. The van der Waals surface area contributed by atoms with Crippen molar-refractivity contribution in [2.75, 3.05) is 7.11 Å². The quantitative estimate of drug-likeness (QED) is 0.774. The predicted molar refractivity (Wildman–Crippen MR) is 59.8 cm³/mol. The molecule has 0 radical (unpaired) electrons. The Morgan fingerprint density at radius 1 is 1.57 bits per heavy atom.